The smallest absolute Gasteiger partial charge is 0.0554 e. The maximum absolute atomic E-state index is 6.04. The molecule has 0 bridgehead atoms. The second-order valence-corrected chi connectivity index (χ2v) is 6.11. The summed E-state index contributed by atoms with van der Waals surface area (Å²) in [6, 6.07) is 11.6. The van der Waals surface area contributed by atoms with Crippen LogP contribution >= 0.6 is 55.1 Å². The highest BCUT2D eigenvalue weighted by atomic mass is 79.9. The lowest BCUT2D eigenvalue weighted by Gasteiger charge is -2.01. The van der Waals surface area contributed by atoms with Crippen LogP contribution in [-0.4, -0.2) is 0 Å². The van der Waals surface area contributed by atoms with E-state index in [1.54, 1.807) is 0 Å². The predicted molar refractivity (Wildman–Crippen MR) is 87.2 cm³/mol. The Bertz CT molecular complexity index is 607. The third-order valence-corrected chi connectivity index (χ3v) is 5.02. The Kier molecular flexibility index (Phi) is 4.91. The van der Waals surface area contributed by atoms with Crippen LogP contribution < -0.4 is 0 Å². The summed E-state index contributed by atoms with van der Waals surface area (Å²) < 4.78 is 1.78. The average Bonchev–Trinajstić information content (AvgIpc) is 2.35. The van der Waals surface area contributed by atoms with Gasteiger partial charge >= 0.3 is 0 Å². The molecule has 2 aromatic rings. The minimum atomic E-state index is 0.703. The lowest BCUT2D eigenvalue weighted by molar-refractivity contribution is 1.59. The van der Waals surface area contributed by atoms with Crippen LogP contribution in [0.2, 0.25) is 10.0 Å². The minimum absolute atomic E-state index is 0.703. The second kappa shape index (κ2) is 6.25. The van der Waals surface area contributed by atoms with Gasteiger partial charge in [0, 0.05) is 8.95 Å². The van der Waals surface area contributed by atoms with Gasteiger partial charge in [0.25, 0.3) is 0 Å². The van der Waals surface area contributed by atoms with Gasteiger partial charge in [0.1, 0.15) is 0 Å². The molecule has 0 saturated carbocycles. The molecular weight excluding hydrogens is 399 g/mol. The zero-order valence-electron chi connectivity index (χ0n) is 9.13. The molecule has 4 heteroatoms. The van der Waals surface area contributed by atoms with Crippen LogP contribution in [0.5, 0.6) is 0 Å². The molecule has 0 aliphatic rings. The molecule has 0 fully saturated rings. The molecule has 0 atom stereocenters. The first-order chi connectivity index (χ1) is 8.58. The van der Waals surface area contributed by atoms with Crippen LogP contribution in [0, 0.1) is 0 Å². The summed E-state index contributed by atoms with van der Waals surface area (Å²) in [5.41, 5.74) is 2.10. The highest BCUT2D eigenvalue weighted by Crippen LogP contribution is 2.28. The molecule has 18 heavy (non-hydrogen) atoms. The van der Waals surface area contributed by atoms with Crippen LogP contribution in [0.3, 0.4) is 0 Å². The number of hydrogen-bond acceptors (Lipinski definition) is 0. The van der Waals surface area contributed by atoms with Crippen molar-refractivity contribution in [1.29, 1.82) is 0 Å². The number of hydrogen-bond donors (Lipinski definition) is 0. The van der Waals surface area contributed by atoms with E-state index in [1.807, 2.05) is 48.6 Å². The van der Waals surface area contributed by atoms with Gasteiger partial charge in [-0.1, -0.05) is 53.6 Å². The fraction of sp³-hybridized carbons (Fsp3) is 0. The van der Waals surface area contributed by atoms with Crippen molar-refractivity contribution in [2.24, 2.45) is 0 Å². The van der Waals surface area contributed by atoms with Crippen molar-refractivity contribution in [3.8, 4) is 0 Å². The highest BCUT2D eigenvalue weighted by Gasteiger charge is 2.00. The van der Waals surface area contributed by atoms with E-state index in [9.17, 15) is 0 Å². The van der Waals surface area contributed by atoms with Gasteiger partial charge in [-0.3, -0.25) is 0 Å². The van der Waals surface area contributed by atoms with E-state index in [1.165, 1.54) is 0 Å². The van der Waals surface area contributed by atoms with Crippen molar-refractivity contribution in [3.05, 3.63) is 66.5 Å². The van der Waals surface area contributed by atoms with Gasteiger partial charge in [-0.25, -0.2) is 0 Å². The fourth-order valence-electron chi connectivity index (χ4n) is 1.45. The Morgan fingerprint density at radius 1 is 0.889 bits per heavy atom. The molecule has 0 heterocycles. The number of halogens is 4. The Labute approximate surface area is 133 Å². The van der Waals surface area contributed by atoms with Crippen LogP contribution in [-0.2, 0) is 0 Å². The van der Waals surface area contributed by atoms with Crippen molar-refractivity contribution in [3.63, 3.8) is 0 Å². The van der Waals surface area contributed by atoms with Crippen molar-refractivity contribution in [2.75, 3.05) is 0 Å². The Morgan fingerprint density at radius 3 is 2.39 bits per heavy atom. The van der Waals surface area contributed by atoms with Crippen molar-refractivity contribution >= 4 is 67.2 Å². The summed E-state index contributed by atoms with van der Waals surface area (Å²) in [6.45, 7) is 0. The molecule has 0 unspecified atom stereocenters. The van der Waals surface area contributed by atoms with Crippen molar-refractivity contribution < 1.29 is 0 Å². The molecule has 0 aliphatic heterocycles. The summed E-state index contributed by atoms with van der Waals surface area (Å²) in [4.78, 5) is 0. The zero-order chi connectivity index (χ0) is 13.1. The van der Waals surface area contributed by atoms with E-state index in [4.69, 9.17) is 23.2 Å². The van der Waals surface area contributed by atoms with E-state index < -0.39 is 0 Å². The summed E-state index contributed by atoms with van der Waals surface area (Å²) >= 11 is 18.9. The Morgan fingerprint density at radius 2 is 1.67 bits per heavy atom. The normalized spacial score (nSPS) is 11.1. The summed E-state index contributed by atoms with van der Waals surface area (Å²) in [7, 11) is 0. The Hall–Kier alpha value is -0.280. The maximum atomic E-state index is 6.04. The van der Waals surface area contributed by atoms with E-state index in [0.717, 1.165) is 20.1 Å². The molecular formula is C14H8Br2Cl2. The van der Waals surface area contributed by atoms with Crippen LogP contribution in [0.1, 0.15) is 11.1 Å². The first-order valence-corrected chi connectivity index (χ1v) is 7.49. The highest BCUT2D eigenvalue weighted by molar-refractivity contribution is 9.11. The molecule has 0 radical (unpaired) electrons. The van der Waals surface area contributed by atoms with Crippen molar-refractivity contribution in [1.82, 2.24) is 0 Å². The first-order valence-electron chi connectivity index (χ1n) is 5.15. The molecule has 0 amide bonds. The average molecular weight is 407 g/mol. The third-order valence-electron chi connectivity index (χ3n) is 2.38. The topological polar surface area (TPSA) is 0 Å². The van der Waals surface area contributed by atoms with Crippen LogP contribution in [0.15, 0.2) is 45.3 Å². The quantitative estimate of drug-likeness (QED) is 0.487. The molecule has 92 valence electrons. The van der Waals surface area contributed by atoms with Crippen LogP contribution in [0.4, 0.5) is 0 Å². The van der Waals surface area contributed by atoms with Gasteiger partial charge in [0.2, 0.25) is 0 Å². The molecule has 0 saturated heterocycles. The van der Waals surface area contributed by atoms with E-state index >= 15 is 0 Å². The molecule has 0 spiro atoms. The lowest BCUT2D eigenvalue weighted by Crippen LogP contribution is -1.78. The SMILES string of the molecule is Clc1ccc(C=Cc2cccc(Cl)c2Br)cc1Br. The Balaban J connectivity index is 2.30. The predicted octanol–water partition coefficient (Wildman–Crippen LogP) is 6.69. The lowest BCUT2D eigenvalue weighted by atomic mass is 10.1. The molecule has 2 aromatic carbocycles. The van der Waals surface area contributed by atoms with E-state index in [2.05, 4.69) is 31.9 Å². The first kappa shape index (κ1) is 14.1. The number of rotatable bonds is 2. The third kappa shape index (κ3) is 3.39. The summed E-state index contributed by atoms with van der Waals surface area (Å²) in [5.74, 6) is 0. The van der Waals surface area contributed by atoms with E-state index in [0.29, 0.717) is 10.0 Å². The molecule has 2 rings (SSSR count). The number of benzene rings is 2. The van der Waals surface area contributed by atoms with Gasteiger partial charge < -0.3 is 0 Å². The summed E-state index contributed by atoms with van der Waals surface area (Å²) in [6.07, 6.45) is 4.02. The van der Waals surface area contributed by atoms with Gasteiger partial charge in [-0.15, -0.1) is 0 Å². The minimum Gasteiger partial charge on any atom is -0.0831 e. The van der Waals surface area contributed by atoms with Crippen molar-refractivity contribution in [2.45, 2.75) is 0 Å². The van der Waals surface area contributed by atoms with Gasteiger partial charge in [-0.05, 0) is 61.2 Å². The molecule has 0 N–H and O–H groups in total. The second-order valence-electron chi connectivity index (χ2n) is 3.65. The standard InChI is InChI=1S/C14H8Br2Cl2/c15-11-8-9(5-7-12(11)17)4-6-10-2-1-3-13(18)14(10)16/h1-8H. The largest absolute Gasteiger partial charge is 0.0831 e. The van der Waals surface area contributed by atoms with Gasteiger partial charge in [0.05, 0.1) is 10.0 Å². The van der Waals surface area contributed by atoms with Gasteiger partial charge in [0.15, 0.2) is 0 Å². The molecule has 0 nitrogen and oxygen atoms in total. The maximum Gasteiger partial charge on any atom is 0.0554 e. The summed E-state index contributed by atoms with van der Waals surface area (Å²) in [5, 5.41) is 1.41. The van der Waals surface area contributed by atoms with Crippen LogP contribution in [0.25, 0.3) is 12.2 Å². The van der Waals surface area contributed by atoms with Gasteiger partial charge in [-0.2, -0.15) is 0 Å². The monoisotopic (exact) mass is 404 g/mol. The molecule has 0 aliphatic carbocycles. The zero-order valence-corrected chi connectivity index (χ0v) is 13.8. The van der Waals surface area contributed by atoms with E-state index in [-0.39, 0.29) is 0 Å². The molecule has 0 aromatic heterocycles. The fourth-order valence-corrected chi connectivity index (χ4v) is 2.54.